The van der Waals surface area contributed by atoms with Gasteiger partial charge in [0.2, 0.25) is 0 Å². The third kappa shape index (κ3) is 3.52. The van der Waals surface area contributed by atoms with E-state index in [9.17, 15) is 4.79 Å². The van der Waals surface area contributed by atoms with Gasteiger partial charge in [0.25, 0.3) is 5.91 Å². The monoisotopic (exact) mass is 348 g/mol. The summed E-state index contributed by atoms with van der Waals surface area (Å²) in [7, 11) is 3.81. The molecule has 0 aliphatic rings. The van der Waals surface area contributed by atoms with Crippen molar-refractivity contribution in [2.45, 2.75) is 6.92 Å². The van der Waals surface area contributed by atoms with Crippen LogP contribution in [0.15, 0.2) is 34.9 Å². The van der Waals surface area contributed by atoms with E-state index in [-0.39, 0.29) is 5.91 Å². The van der Waals surface area contributed by atoms with E-state index in [0.717, 1.165) is 15.7 Å². The maximum absolute atomic E-state index is 12.3. The summed E-state index contributed by atoms with van der Waals surface area (Å²) in [5.41, 5.74) is 8.79. The summed E-state index contributed by atoms with van der Waals surface area (Å²) in [5.74, 6) is 0.309. The molecule has 0 saturated heterocycles. The van der Waals surface area contributed by atoms with E-state index in [2.05, 4.69) is 26.2 Å². The fraction of sp³-hybridized carbons (Fsp3) is 0.200. The molecule has 0 unspecified atom stereocenters. The second-order valence-corrected chi connectivity index (χ2v) is 5.86. The predicted molar refractivity (Wildman–Crippen MR) is 89.8 cm³/mol. The predicted octanol–water partition coefficient (Wildman–Crippen LogP) is 3.05. The molecule has 0 fully saturated rings. The summed E-state index contributed by atoms with van der Waals surface area (Å²) in [4.78, 5) is 18.3. The molecular formula is C15H17BrN4O. The highest BCUT2D eigenvalue weighted by molar-refractivity contribution is 9.10. The van der Waals surface area contributed by atoms with Gasteiger partial charge in [-0.1, -0.05) is 0 Å². The minimum atomic E-state index is -0.232. The number of pyridine rings is 1. The number of amides is 1. The van der Waals surface area contributed by atoms with Crippen LogP contribution in [0, 0.1) is 6.92 Å². The maximum Gasteiger partial charge on any atom is 0.256 e. The molecule has 21 heavy (non-hydrogen) atoms. The standard InChI is InChI=1S/C15H17BrN4O/c1-9-6-11(16)8-18-14(9)19-15(21)10-4-5-13(20(2)3)12(17)7-10/h4-8H,17H2,1-3H3,(H,18,19,21). The van der Waals surface area contributed by atoms with Crippen LogP contribution in [-0.4, -0.2) is 25.0 Å². The molecule has 110 valence electrons. The van der Waals surface area contributed by atoms with Gasteiger partial charge in [0.15, 0.2) is 0 Å². The van der Waals surface area contributed by atoms with E-state index in [4.69, 9.17) is 5.73 Å². The summed E-state index contributed by atoms with van der Waals surface area (Å²) >= 11 is 3.34. The molecule has 1 aromatic heterocycles. The van der Waals surface area contributed by atoms with Gasteiger partial charge in [-0.05, 0) is 52.7 Å². The van der Waals surface area contributed by atoms with Gasteiger partial charge in [-0.15, -0.1) is 0 Å². The van der Waals surface area contributed by atoms with Gasteiger partial charge in [-0.2, -0.15) is 0 Å². The number of hydrogen-bond acceptors (Lipinski definition) is 4. The topological polar surface area (TPSA) is 71.2 Å². The number of halogens is 1. The highest BCUT2D eigenvalue weighted by atomic mass is 79.9. The SMILES string of the molecule is Cc1cc(Br)cnc1NC(=O)c1ccc(N(C)C)c(N)c1. The minimum Gasteiger partial charge on any atom is -0.397 e. The molecule has 2 rings (SSSR count). The first-order valence-corrected chi connectivity index (χ1v) is 7.18. The van der Waals surface area contributed by atoms with Gasteiger partial charge in [0.05, 0.1) is 11.4 Å². The van der Waals surface area contributed by atoms with Crippen molar-refractivity contribution in [1.82, 2.24) is 4.98 Å². The third-order valence-corrected chi connectivity index (χ3v) is 3.48. The number of carbonyl (C=O) groups is 1. The second-order valence-electron chi connectivity index (χ2n) is 4.94. The van der Waals surface area contributed by atoms with Crippen molar-refractivity contribution in [3.05, 3.63) is 46.1 Å². The number of nitrogen functional groups attached to an aromatic ring is 1. The Morgan fingerprint density at radius 3 is 2.62 bits per heavy atom. The molecular weight excluding hydrogens is 332 g/mol. The van der Waals surface area contributed by atoms with Gasteiger partial charge in [0, 0.05) is 30.3 Å². The lowest BCUT2D eigenvalue weighted by Crippen LogP contribution is -2.16. The van der Waals surface area contributed by atoms with E-state index >= 15 is 0 Å². The van der Waals surface area contributed by atoms with Crippen LogP contribution < -0.4 is 16.0 Å². The Kier molecular flexibility index (Phi) is 4.47. The number of carbonyl (C=O) groups excluding carboxylic acids is 1. The largest absolute Gasteiger partial charge is 0.397 e. The number of benzene rings is 1. The highest BCUT2D eigenvalue weighted by Gasteiger charge is 2.11. The van der Waals surface area contributed by atoms with Crippen LogP contribution in [0.2, 0.25) is 0 Å². The molecule has 3 N–H and O–H groups in total. The molecule has 1 amide bonds. The van der Waals surface area contributed by atoms with Gasteiger partial charge in [-0.25, -0.2) is 4.98 Å². The van der Waals surface area contributed by atoms with Gasteiger partial charge in [0.1, 0.15) is 5.82 Å². The maximum atomic E-state index is 12.3. The Morgan fingerprint density at radius 2 is 2.05 bits per heavy atom. The minimum absolute atomic E-state index is 0.232. The van der Waals surface area contributed by atoms with Crippen LogP contribution in [0.1, 0.15) is 15.9 Å². The molecule has 0 aliphatic carbocycles. The molecule has 0 bridgehead atoms. The zero-order chi connectivity index (χ0) is 15.6. The third-order valence-electron chi connectivity index (χ3n) is 3.05. The zero-order valence-electron chi connectivity index (χ0n) is 12.1. The number of hydrogen-bond donors (Lipinski definition) is 2. The molecule has 6 heteroatoms. The number of aryl methyl sites for hydroxylation is 1. The average molecular weight is 349 g/mol. The van der Waals surface area contributed by atoms with E-state index in [1.54, 1.807) is 18.3 Å². The Hall–Kier alpha value is -2.08. The van der Waals surface area contributed by atoms with E-state index in [1.807, 2.05) is 38.1 Å². The molecule has 5 nitrogen and oxygen atoms in total. The number of anilines is 3. The molecule has 0 spiro atoms. The summed E-state index contributed by atoms with van der Waals surface area (Å²) < 4.78 is 0.873. The summed E-state index contributed by atoms with van der Waals surface area (Å²) in [6, 6.07) is 7.13. The van der Waals surface area contributed by atoms with E-state index < -0.39 is 0 Å². The Bertz CT molecular complexity index is 685. The van der Waals surface area contributed by atoms with Gasteiger partial charge in [-0.3, -0.25) is 4.79 Å². The van der Waals surface area contributed by atoms with Crippen molar-refractivity contribution in [3.63, 3.8) is 0 Å². The van der Waals surface area contributed by atoms with Crippen molar-refractivity contribution in [2.24, 2.45) is 0 Å². The number of aromatic nitrogens is 1. The summed E-state index contributed by atoms with van der Waals surface area (Å²) in [5, 5.41) is 2.79. The fourth-order valence-electron chi connectivity index (χ4n) is 1.95. The Morgan fingerprint density at radius 1 is 1.33 bits per heavy atom. The molecule has 1 heterocycles. The summed E-state index contributed by atoms with van der Waals surface area (Å²) in [6.45, 7) is 1.89. The lowest BCUT2D eigenvalue weighted by atomic mass is 10.1. The highest BCUT2D eigenvalue weighted by Crippen LogP contribution is 2.23. The Balaban J connectivity index is 2.22. The number of rotatable bonds is 3. The molecule has 1 aromatic carbocycles. The lowest BCUT2D eigenvalue weighted by molar-refractivity contribution is 0.102. The summed E-state index contributed by atoms with van der Waals surface area (Å²) in [6.07, 6.45) is 1.64. The molecule has 0 radical (unpaired) electrons. The second kappa shape index (κ2) is 6.13. The van der Waals surface area contributed by atoms with Crippen molar-refractivity contribution >= 4 is 39.0 Å². The van der Waals surface area contributed by atoms with Gasteiger partial charge >= 0.3 is 0 Å². The van der Waals surface area contributed by atoms with Crippen LogP contribution in [0.5, 0.6) is 0 Å². The van der Waals surface area contributed by atoms with Crippen LogP contribution in [0.3, 0.4) is 0 Å². The van der Waals surface area contributed by atoms with Crippen LogP contribution in [0.4, 0.5) is 17.2 Å². The normalized spacial score (nSPS) is 10.3. The quantitative estimate of drug-likeness (QED) is 0.836. The van der Waals surface area contributed by atoms with Gasteiger partial charge < -0.3 is 16.0 Å². The number of nitrogens with two attached hydrogens (primary N) is 1. The van der Waals surface area contributed by atoms with Crippen molar-refractivity contribution in [2.75, 3.05) is 30.0 Å². The van der Waals surface area contributed by atoms with E-state index in [0.29, 0.717) is 17.1 Å². The molecule has 0 atom stereocenters. The molecule has 2 aromatic rings. The molecule has 0 saturated carbocycles. The first-order valence-electron chi connectivity index (χ1n) is 6.39. The van der Waals surface area contributed by atoms with Crippen LogP contribution >= 0.6 is 15.9 Å². The van der Waals surface area contributed by atoms with Crippen LogP contribution in [-0.2, 0) is 0 Å². The first kappa shape index (κ1) is 15.3. The zero-order valence-corrected chi connectivity index (χ0v) is 13.7. The molecule has 0 aliphatic heterocycles. The van der Waals surface area contributed by atoms with E-state index in [1.165, 1.54) is 0 Å². The van der Waals surface area contributed by atoms with Crippen molar-refractivity contribution in [3.8, 4) is 0 Å². The first-order chi connectivity index (χ1) is 9.88. The average Bonchev–Trinajstić information content (AvgIpc) is 2.41. The lowest BCUT2D eigenvalue weighted by Gasteiger charge is -2.16. The number of nitrogens with one attached hydrogen (secondary N) is 1. The van der Waals surface area contributed by atoms with Crippen molar-refractivity contribution < 1.29 is 4.79 Å². The number of nitrogens with zero attached hydrogens (tertiary/aromatic N) is 2. The smallest absolute Gasteiger partial charge is 0.256 e. The van der Waals surface area contributed by atoms with Crippen LogP contribution in [0.25, 0.3) is 0 Å². The fourth-order valence-corrected chi connectivity index (χ4v) is 2.40. The Labute approximate surface area is 132 Å². The van der Waals surface area contributed by atoms with Crippen molar-refractivity contribution in [1.29, 1.82) is 0 Å².